The summed E-state index contributed by atoms with van der Waals surface area (Å²) in [5, 5.41) is 2.93. The van der Waals surface area contributed by atoms with Gasteiger partial charge in [-0.05, 0) is 58.6 Å². The molecule has 2 heterocycles. The third kappa shape index (κ3) is 2.74. The Balaban J connectivity index is 1.93. The highest BCUT2D eigenvalue weighted by Crippen LogP contribution is 2.38. The van der Waals surface area contributed by atoms with Crippen molar-refractivity contribution in [2.75, 3.05) is 0 Å². The largest absolute Gasteiger partial charge is 0.268 e. The number of nitrogens with zero attached hydrogens (tertiary/aromatic N) is 1. The third-order valence-electron chi connectivity index (χ3n) is 4.14. The summed E-state index contributed by atoms with van der Waals surface area (Å²) < 4.78 is 28.5. The van der Waals surface area contributed by atoms with Crippen molar-refractivity contribution in [2.24, 2.45) is 0 Å². The summed E-state index contributed by atoms with van der Waals surface area (Å²) >= 11 is 5.19. The van der Waals surface area contributed by atoms with Gasteiger partial charge in [-0.1, -0.05) is 29.8 Å². The maximum atomic E-state index is 13.0. The van der Waals surface area contributed by atoms with E-state index in [0.717, 1.165) is 25.9 Å². The quantitative estimate of drug-likeness (QED) is 0.418. The lowest BCUT2D eigenvalue weighted by molar-refractivity contribution is 0.589. The number of benzene rings is 2. The van der Waals surface area contributed by atoms with Gasteiger partial charge in [0, 0.05) is 26.5 Å². The van der Waals surface area contributed by atoms with Gasteiger partial charge in [-0.2, -0.15) is 0 Å². The van der Waals surface area contributed by atoms with E-state index in [9.17, 15) is 8.42 Å². The van der Waals surface area contributed by atoms with Crippen LogP contribution in [0, 0.1) is 6.92 Å². The van der Waals surface area contributed by atoms with E-state index < -0.39 is 10.0 Å². The lowest BCUT2D eigenvalue weighted by Gasteiger charge is -2.09. The van der Waals surface area contributed by atoms with E-state index in [1.165, 1.54) is 3.97 Å². The highest BCUT2D eigenvalue weighted by Gasteiger charge is 2.20. The third-order valence-corrected chi connectivity index (χ3v) is 7.71. The number of fused-ring (bicyclic) bond motifs is 1. The molecule has 126 valence electrons. The molecule has 0 saturated heterocycles. The molecule has 0 aliphatic carbocycles. The standard InChI is InChI=1S/C19H14BrNO2S2/c1-13-5-7-14(8-6-13)25(22,23)21-11-9-15-16(3-2-4-18(15)21)19-17(20)10-12-24-19/h2-12H,1H3. The fraction of sp³-hybridized carbons (Fsp3) is 0.0526. The predicted octanol–water partition coefficient (Wildman–Crippen LogP) is 5.68. The van der Waals surface area contributed by atoms with Gasteiger partial charge >= 0.3 is 0 Å². The molecule has 3 nitrogen and oxygen atoms in total. The summed E-state index contributed by atoms with van der Waals surface area (Å²) in [6, 6.07) is 16.5. The molecule has 0 aliphatic heterocycles. The number of hydrogen-bond donors (Lipinski definition) is 0. The van der Waals surface area contributed by atoms with E-state index in [-0.39, 0.29) is 0 Å². The first kappa shape index (κ1) is 16.6. The monoisotopic (exact) mass is 431 g/mol. The first-order valence-electron chi connectivity index (χ1n) is 7.64. The smallest absolute Gasteiger partial charge is 0.241 e. The molecule has 0 unspecified atom stereocenters. The Morgan fingerprint density at radius 1 is 1.00 bits per heavy atom. The van der Waals surface area contributed by atoms with Crippen molar-refractivity contribution in [3.63, 3.8) is 0 Å². The van der Waals surface area contributed by atoms with Gasteiger partial charge in [0.1, 0.15) is 0 Å². The zero-order chi connectivity index (χ0) is 17.6. The van der Waals surface area contributed by atoms with Crippen LogP contribution in [0.1, 0.15) is 5.56 Å². The van der Waals surface area contributed by atoms with Crippen LogP contribution in [0.2, 0.25) is 0 Å². The van der Waals surface area contributed by atoms with Gasteiger partial charge < -0.3 is 0 Å². The van der Waals surface area contributed by atoms with Crippen LogP contribution in [0.5, 0.6) is 0 Å². The molecule has 0 bridgehead atoms. The molecule has 25 heavy (non-hydrogen) atoms. The summed E-state index contributed by atoms with van der Waals surface area (Å²) in [6.45, 7) is 1.94. The average Bonchev–Trinajstić information content (AvgIpc) is 3.21. The Kier molecular flexibility index (Phi) is 4.06. The van der Waals surface area contributed by atoms with Gasteiger partial charge in [-0.15, -0.1) is 11.3 Å². The van der Waals surface area contributed by atoms with Crippen molar-refractivity contribution in [3.05, 3.63) is 76.2 Å². The SMILES string of the molecule is Cc1ccc(S(=O)(=O)n2ccc3c(-c4sccc4Br)cccc32)cc1. The van der Waals surface area contributed by atoms with E-state index >= 15 is 0 Å². The van der Waals surface area contributed by atoms with Gasteiger partial charge in [-0.3, -0.25) is 0 Å². The zero-order valence-corrected chi connectivity index (χ0v) is 16.5. The van der Waals surface area contributed by atoms with Crippen LogP contribution in [0.25, 0.3) is 21.3 Å². The van der Waals surface area contributed by atoms with Gasteiger partial charge in [0.05, 0.1) is 10.4 Å². The molecular formula is C19H14BrNO2S2. The number of hydrogen-bond acceptors (Lipinski definition) is 3. The summed E-state index contributed by atoms with van der Waals surface area (Å²) in [5.41, 5.74) is 2.73. The number of aryl methyl sites for hydroxylation is 1. The second-order valence-corrected chi connectivity index (χ2v) is 9.35. The molecule has 0 N–H and O–H groups in total. The number of thiophene rings is 1. The molecule has 0 amide bonds. The fourth-order valence-electron chi connectivity index (χ4n) is 2.86. The van der Waals surface area contributed by atoms with Crippen LogP contribution in [-0.4, -0.2) is 12.4 Å². The van der Waals surface area contributed by atoms with E-state index in [2.05, 4.69) is 15.9 Å². The Morgan fingerprint density at radius 2 is 1.76 bits per heavy atom. The van der Waals surface area contributed by atoms with Gasteiger partial charge in [0.25, 0.3) is 10.0 Å². The number of rotatable bonds is 3. The first-order chi connectivity index (χ1) is 12.0. The summed E-state index contributed by atoms with van der Waals surface area (Å²) in [5.74, 6) is 0. The maximum absolute atomic E-state index is 13.0. The first-order valence-corrected chi connectivity index (χ1v) is 10.8. The minimum atomic E-state index is -3.63. The second kappa shape index (κ2) is 6.12. The molecule has 0 aliphatic rings. The maximum Gasteiger partial charge on any atom is 0.268 e. The lowest BCUT2D eigenvalue weighted by Crippen LogP contribution is -2.11. The molecule has 0 atom stereocenters. The minimum Gasteiger partial charge on any atom is -0.241 e. The normalized spacial score (nSPS) is 11.9. The van der Waals surface area contributed by atoms with Crippen molar-refractivity contribution >= 4 is 48.2 Å². The van der Waals surface area contributed by atoms with Crippen molar-refractivity contribution in [3.8, 4) is 10.4 Å². The molecular weight excluding hydrogens is 418 g/mol. The molecule has 0 saturated carbocycles. The minimum absolute atomic E-state index is 0.290. The van der Waals surface area contributed by atoms with Crippen molar-refractivity contribution in [1.82, 2.24) is 3.97 Å². The Bertz CT molecular complexity index is 1170. The Labute approximate surface area is 158 Å². The van der Waals surface area contributed by atoms with Crippen LogP contribution in [-0.2, 0) is 10.0 Å². The summed E-state index contributed by atoms with van der Waals surface area (Å²) in [6.07, 6.45) is 1.63. The molecule has 4 rings (SSSR count). The van der Waals surface area contributed by atoms with Crippen LogP contribution >= 0.6 is 27.3 Å². The zero-order valence-electron chi connectivity index (χ0n) is 13.3. The fourth-order valence-corrected chi connectivity index (χ4v) is 5.83. The number of aromatic nitrogens is 1. The van der Waals surface area contributed by atoms with Crippen LogP contribution in [0.3, 0.4) is 0 Å². The number of halogens is 1. The highest BCUT2D eigenvalue weighted by atomic mass is 79.9. The van der Waals surface area contributed by atoms with Crippen molar-refractivity contribution in [1.29, 1.82) is 0 Å². The van der Waals surface area contributed by atoms with Crippen LogP contribution in [0.4, 0.5) is 0 Å². The molecule has 0 radical (unpaired) electrons. The van der Waals surface area contributed by atoms with E-state index in [4.69, 9.17) is 0 Å². The average molecular weight is 432 g/mol. The topological polar surface area (TPSA) is 39.1 Å². The molecule has 0 fully saturated rings. The highest BCUT2D eigenvalue weighted by molar-refractivity contribution is 9.10. The molecule has 2 aromatic carbocycles. The van der Waals surface area contributed by atoms with Gasteiger partial charge in [-0.25, -0.2) is 12.4 Å². The summed E-state index contributed by atoms with van der Waals surface area (Å²) in [4.78, 5) is 1.38. The molecule has 2 aromatic heterocycles. The molecule has 0 spiro atoms. The molecule has 6 heteroatoms. The molecule has 4 aromatic rings. The van der Waals surface area contributed by atoms with Crippen molar-refractivity contribution < 1.29 is 8.42 Å². The lowest BCUT2D eigenvalue weighted by atomic mass is 10.1. The van der Waals surface area contributed by atoms with E-state index in [0.29, 0.717) is 10.4 Å². The van der Waals surface area contributed by atoms with E-state index in [1.54, 1.807) is 29.7 Å². The van der Waals surface area contributed by atoms with Crippen LogP contribution in [0.15, 0.2) is 75.5 Å². The van der Waals surface area contributed by atoms with Crippen LogP contribution < -0.4 is 0 Å². The van der Waals surface area contributed by atoms with Gasteiger partial charge in [0.2, 0.25) is 0 Å². The van der Waals surface area contributed by atoms with Crippen molar-refractivity contribution in [2.45, 2.75) is 11.8 Å². The second-order valence-electron chi connectivity index (χ2n) is 5.77. The predicted molar refractivity (Wildman–Crippen MR) is 107 cm³/mol. The van der Waals surface area contributed by atoms with Gasteiger partial charge in [0.15, 0.2) is 0 Å². The Hall–Kier alpha value is -1.89. The van der Waals surface area contributed by atoms with E-state index in [1.807, 2.05) is 54.8 Å². The Morgan fingerprint density at radius 3 is 2.44 bits per heavy atom. The summed E-state index contributed by atoms with van der Waals surface area (Å²) in [7, 11) is -3.63.